The first kappa shape index (κ1) is 19.2. The van der Waals surface area contributed by atoms with Crippen molar-refractivity contribution >= 4 is 16.6 Å². The minimum atomic E-state index is 0.298. The molecule has 0 radical (unpaired) electrons. The molecule has 1 aliphatic rings. The maximum Gasteiger partial charge on any atom is 0.140 e. The van der Waals surface area contributed by atoms with Gasteiger partial charge in [0.25, 0.3) is 0 Å². The quantitative estimate of drug-likeness (QED) is 0.635. The third kappa shape index (κ3) is 4.30. The van der Waals surface area contributed by atoms with Gasteiger partial charge in [-0.15, -0.1) is 0 Å². The summed E-state index contributed by atoms with van der Waals surface area (Å²) in [5, 5.41) is 9.97. The maximum absolute atomic E-state index is 8.84. The molecule has 1 saturated heterocycles. The first-order valence-corrected chi connectivity index (χ1v) is 9.92. The van der Waals surface area contributed by atoms with Gasteiger partial charge in [0.1, 0.15) is 24.1 Å². The Labute approximate surface area is 170 Å². The van der Waals surface area contributed by atoms with E-state index < -0.39 is 0 Å². The summed E-state index contributed by atoms with van der Waals surface area (Å²) in [7, 11) is 0. The summed E-state index contributed by atoms with van der Waals surface area (Å²) in [5.74, 6) is 0.763. The van der Waals surface area contributed by atoms with Gasteiger partial charge in [-0.1, -0.05) is 6.07 Å². The second-order valence-electron chi connectivity index (χ2n) is 7.23. The summed E-state index contributed by atoms with van der Waals surface area (Å²) >= 11 is 0. The van der Waals surface area contributed by atoms with Crippen LogP contribution in [0.1, 0.15) is 30.3 Å². The van der Waals surface area contributed by atoms with Crippen LogP contribution in [0.2, 0.25) is 0 Å². The fourth-order valence-electron chi connectivity index (χ4n) is 3.73. The highest BCUT2D eigenvalue weighted by Gasteiger charge is 2.24. The van der Waals surface area contributed by atoms with E-state index in [1.54, 1.807) is 12.3 Å². The molecule has 1 aliphatic heterocycles. The average molecular weight is 388 g/mol. The fourth-order valence-corrected chi connectivity index (χ4v) is 3.73. The standard InChI is InChI=1S/C23H24N4O2/c1-3-28-20-8-9-27(14-20)23-10-16(2)26-22-11-19(6-7-21(22)23)29-15-17-4-5-18(12-24)25-13-17/h4-7,10-11,13,20H,3,8-9,14-15H2,1-2H3/t20-/m0/s1. The van der Waals surface area contributed by atoms with Crippen molar-refractivity contribution in [3.8, 4) is 11.8 Å². The van der Waals surface area contributed by atoms with E-state index >= 15 is 0 Å². The molecule has 1 fully saturated rings. The van der Waals surface area contributed by atoms with E-state index in [0.29, 0.717) is 18.4 Å². The predicted molar refractivity (Wildman–Crippen MR) is 112 cm³/mol. The van der Waals surface area contributed by atoms with E-state index in [-0.39, 0.29) is 0 Å². The van der Waals surface area contributed by atoms with Gasteiger partial charge in [-0.05, 0) is 44.5 Å². The zero-order valence-electron chi connectivity index (χ0n) is 16.8. The van der Waals surface area contributed by atoms with E-state index in [9.17, 15) is 0 Å². The summed E-state index contributed by atoms with van der Waals surface area (Å²) in [5.41, 5.74) is 4.44. The van der Waals surface area contributed by atoms with Crippen LogP contribution in [-0.2, 0) is 11.3 Å². The van der Waals surface area contributed by atoms with Crippen LogP contribution >= 0.6 is 0 Å². The lowest BCUT2D eigenvalue weighted by atomic mass is 10.1. The summed E-state index contributed by atoms with van der Waals surface area (Å²) in [6.07, 6.45) is 3.02. The molecule has 6 heteroatoms. The number of rotatable bonds is 6. The van der Waals surface area contributed by atoms with Gasteiger partial charge in [0.2, 0.25) is 0 Å². The zero-order chi connectivity index (χ0) is 20.2. The number of nitriles is 1. The zero-order valence-corrected chi connectivity index (χ0v) is 16.8. The van der Waals surface area contributed by atoms with Crippen LogP contribution < -0.4 is 9.64 Å². The molecule has 4 rings (SSSR count). The van der Waals surface area contributed by atoms with Crippen molar-refractivity contribution < 1.29 is 9.47 Å². The Kier molecular flexibility index (Phi) is 5.59. The van der Waals surface area contributed by atoms with Crippen molar-refractivity contribution in [2.45, 2.75) is 33.0 Å². The molecule has 0 spiro atoms. The molecule has 3 aromatic rings. The number of hydrogen-bond donors (Lipinski definition) is 0. The van der Waals surface area contributed by atoms with Gasteiger partial charge in [-0.25, -0.2) is 4.98 Å². The summed E-state index contributed by atoms with van der Waals surface area (Å²) in [6.45, 7) is 7.12. The van der Waals surface area contributed by atoms with Crippen molar-refractivity contribution in [2.24, 2.45) is 0 Å². The Morgan fingerprint density at radius 3 is 2.90 bits per heavy atom. The fraction of sp³-hybridized carbons (Fsp3) is 0.348. The Balaban J connectivity index is 1.54. The number of fused-ring (bicyclic) bond motifs is 1. The number of hydrogen-bond acceptors (Lipinski definition) is 6. The number of anilines is 1. The molecular weight excluding hydrogens is 364 g/mol. The molecular formula is C23H24N4O2. The Hall–Kier alpha value is -3.17. The molecule has 0 bridgehead atoms. The average Bonchev–Trinajstić information content (AvgIpc) is 3.20. The molecule has 0 aliphatic carbocycles. The van der Waals surface area contributed by atoms with Gasteiger partial charge in [0.05, 0.1) is 11.6 Å². The molecule has 1 atom stereocenters. The van der Waals surface area contributed by atoms with Crippen LogP contribution in [0.25, 0.3) is 10.9 Å². The number of aromatic nitrogens is 2. The van der Waals surface area contributed by atoms with Gasteiger partial charge in [-0.3, -0.25) is 4.98 Å². The number of aryl methyl sites for hydroxylation is 1. The van der Waals surface area contributed by atoms with Gasteiger partial charge in [-0.2, -0.15) is 5.26 Å². The molecule has 0 saturated carbocycles. The highest BCUT2D eigenvalue weighted by molar-refractivity contribution is 5.93. The molecule has 29 heavy (non-hydrogen) atoms. The van der Waals surface area contributed by atoms with Crippen molar-refractivity contribution in [3.63, 3.8) is 0 Å². The number of pyridine rings is 2. The number of ether oxygens (including phenoxy) is 2. The predicted octanol–water partition coefficient (Wildman–Crippen LogP) is 4.00. The molecule has 1 aromatic carbocycles. The smallest absolute Gasteiger partial charge is 0.140 e. The van der Waals surface area contributed by atoms with E-state index in [4.69, 9.17) is 19.7 Å². The normalized spacial score (nSPS) is 16.2. The Morgan fingerprint density at radius 2 is 2.14 bits per heavy atom. The van der Waals surface area contributed by atoms with Gasteiger partial charge in [0.15, 0.2) is 0 Å². The lowest BCUT2D eigenvalue weighted by Gasteiger charge is -2.21. The molecule has 0 N–H and O–H groups in total. The highest BCUT2D eigenvalue weighted by Crippen LogP contribution is 2.32. The van der Waals surface area contributed by atoms with E-state index in [1.807, 2.05) is 38.1 Å². The third-order valence-corrected chi connectivity index (χ3v) is 5.12. The molecule has 0 unspecified atom stereocenters. The summed E-state index contributed by atoms with van der Waals surface area (Å²) < 4.78 is 11.7. The molecule has 148 valence electrons. The molecule has 3 heterocycles. The van der Waals surface area contributed by atoms with Crippen LogP contribution in [0, 0.1) is 18.3 Å². The highest BCUT2D eigenvalue weighted by atomic mass is 16.5. The molecule has 0 amide bonds. The molecule has 2 aromatic heterocycles. The lowest BCUT2D eigenvalue weighted by molar-refractivity contribution is 0.0788. The van der Waals surface area contributed by atoms with Crippen molar-refractivity contribution in [1.29, 1.82) is 5.26 Å². The Morgan fingerprint density at radius 1 is 1.24 bits per heavy atom. The van der Waals surface area contributed by atoms with Gasteiger partial charge < -0.3 is 14.4 Å². The minimum absolute atomic E-state index is 0.298. The first-order chi connectivity index (χ1) is 14.2. The second kappa shape index (κ2) is 8.46. The van der Waals surface area contributed by atoms with Crippen LogP contribution in [0.4, 0.5) is 5.69 Å². The second-order valence-corrected chi connectivity index (χ2v) is 7.23. The topological polar surface area (TPSA) is 71.3 Å². The largest absolute Gasteiger partial charge is 0.489 e. The van der Waals surface area contributed by atoms with E-state index in [1.165, 1.54) is 5.69 Å². The monoisotopic (exact) mass is 388 g/mol. The van der Waals surface area contributed by atoms with Gasteiger partial charge >= 0.3 is 0 Å². The third-order valence-electron chi connectivity index (χ3n) is 5.12. The van der Waals surface area contributed by atoms with Gasteiger partial charge in [0, 0.05) is 54.3 Å². The van der Waals surface area contributed by atoms with Crippen LogP contribution in [-0.4, -0.2) is 35.8 Å². The van der Waals surface area contributed by atoms with Crippen LogP contribution in [0.15, 0.2) is 42.6 Å². The van der Waals surface area contributed by atoms with E-state index in [0.717, 1.165) is 54.0 Å². The van der Waals surface area contributed by atoms with Crippen molar-refractivity contribution in [1.82, 2.24) is 9.97 Å². The minimum Gasteiger partial charge on any atom is -0.489 e. The van der Waals surface area contributed by atoms with Crippen molar-refractivity contribution in [2.75, 3.05) is 24.6 Å². The summed E-state index contributed by atoms with van der Waals surface area (Å²) in [6, 6.07) is 13.8. The summed E-state index contributed by atoms with van der Waals surface area (Å²) in [4.78, 5) is 11.2. The molecule has 6 nitrogen and oxygen atoms in total. The SMILES string of the molecule is CCO[C@H]1CCN(c2cc(C)nc3cc(OCc4ccc(C#N)nc4)ccc23)C1. The Bertz CT molecular complexity index is 1040. The number of nitrogens with zero attached hydrogens (tertiary/aromatic N) is 4. The van der Waals surface area contributed by atoms with E-state index in [2.05, 4.69) is 22.0 Å². The van der Waals surface area contributed by atoms with Crippen LogP contribution in [0.5, 0.6) is 5.75 Å². The van der Waals surface area contributed by atoms with Crippen molar-refractivity contribution in [3.05, 3.63) is 59.5 Å². The lowest BCUT2D eigenvalue weighted by Crippen LogP contribution is -2.23. The first-order valence-electron chi connectivity index (χ1n) is 9.92. The number of benzene rings is 1. The van der Waals surface area contributed by atoms with Crippen LogP contribution in [0.3, 0.4) is 0 Å². The maximum atomic E-state index is 8.84.